The largest absolute Gasteiger partial charge is 0.216 e. The summed E-state index contributed by atoms with van der Waals surface area (Å²) in [6.07, 6.45) is 5.04. The van der Waals surface area contributed by atoms with E-state index in [0.29, 0.717) is 0 Å². The Bertz CT molecular complexity index is 968. The second-order valence-corrected chi connectivity index (χ2v) is 7.73. The summed E-state index contributed by atoms with van der Waals surface area (Å²) in [6, 6.07) is 24.3. The molecule has 4 rings (SSSR count). The minimum Gasteiger partial charge on any atom is -0.161 e. The smallest absolute Gasteiger partial charge is 0.161 e. The Morgan fingerprint density at radius 1 is 0.846 bits per heavy atom. The first-order valence-electron chi connectivity index (χ1n) is 9.88. The summed E-state index contributed by atoms with van der Waals surface area (Å²) in [5.74, 6) is 0. The van der Waals surface area contributed by atoms with Crippen molar-refractivity contribution in [2.45, 2.75) is 51.9 Å². The SMILES string of the molecule is CCCCCC1(C)C(C)=[N+](c2ccccc2)c2ccc3ccccc3c21. The molecule has 1 heterocycles. The van der Waals surface area contributed by atoms with E-state index in [1.165, 1.54) is 59.1 Å². The van der Waals surface area contributed by atoms with Crippen molar-refractivity contribution in [2.75, 3.05) is 0 Å². The van der Waals surface area contributed by atoms with Gasteiger partial charge in [-0.05, 0) is 30.2 Å². The predicted molar refractivity (Wildman–Crippen MR) is 114 cm³/mol. The van der Waals surface area contributed by atoms with Crippen molar-refractivity contribution in [2.24, 2.45) is 0 Å². The number of para-hydroxylation sites is 1. The maximum absolute atomic E-state index is 2.48. The minimum absolute atomic E-state index is 0.0845. The summed E-state index contributed by atoms with van der Waals surface area (Å²) in [7, 11) is 0. The van der Waals surface area contributed by atoms with Crippen molar-refractivity contribution >= 4 is 27.9 Å². The summed E-state index contributed by atoms with van der Waals surface area (Å²) in [5.41, 5.74) is 5.66. The van der Waals surface area contributed by atoms with Crippen molar-refractivity contribution in [3.05, 3.63) is 72.3 Å². The molecule has 0 bridgehead atoms. The van der Waals surface area contributed by atoms with Crippen molar-refractivity contribution in [3.63, 3.8) is 0 Å². The van der Waals surface area contributed by atoms with Gasteiger partial charge in [-0.25, -0.2) is 0 Å². The second kappa shape index (κ2) is 6.72. The maximum atomic E-state index is 2.48. The number of hydrogen-bond acceptors (Lipinski definition) is 0. The third kappa shape index (κ3) is 2.58. The molecule has 0 aliphatic carbocycles. The fourth-order valence-corrected chi connectivity index (χ4v) is 4.58. The van der Waals surface area contributed by atoms with Crippen molar-refractivity contribution in [3.8, 4) is 0 Å². The number of unbranched alkanes of at least 4 members (excludes halogenated alkanes) is 2. The molecule has 1 heteroatoms. The molecule has 3 aromatic carbocycles. The lowest BCUT2D eigenvalue weighted by molar-refractivity contribution is 0.535. The molecular formula is C25H28N+. The lowest BCUT2D eigenvalue weighted by atomic mass is 9.74. The van der Waals surface area contributed by atoms with E-state index >= 15 is 0 Å². The van der Waals surface area contributed by atoms with Crippen LogP contribution in [0.3, 0.4) is 0 Å². The highest BCUT2D eigenvalue weighted by Crippen LogP contribution is 2.47. The van der Waals surface area contributed by atoms with Crippen LogP contribution in [0.5, 0.6) is 0 Å². The summed E-state index contributed by atoms with van der Waals surface area (Å²) in [6.45, 7) is 7.06. The number of hydrogen-bond donors (Lipinski definition) is 0. The van der Waals surface area contributed by atoms with Crippen LogP contribution >= 0.6 is 0 Å². The average molecular weight is 343 g/mol. The Morgan fingerprint density at radius 2 is 1.58 bits per heavy atom. The predicted octanol–water partition coefficient (Wildman–Crippen LogP) is 6.99. The molecule has 1 aliphatic heterocycles. The molecule has 1 unspecified atom stereocenters. The van der Waals surface area contributed by atoms with E-state index in [0.717, 1.165) is 0 Å². The van der Waals surface area contributed by atoms with Gasteiger partial charge in [0, 0.05) is 30.7 Å². The highest BCUT2D eigenvalue weighted by atomic mass is 15.1. The van der Waals surface area contributed by atoms with E-state index in [1.54, 1.807) is 0 Å². The maximum Gasteiger partial charge on any atom is 0.216 e. The zero-order chi connectivity index (χ0) is 18.1. The van der Waals surface area contributed by atoms with Gasteiger partial charge in [0.15, 0.2) is 5.71 Å². The standard InChI is InChI=1S/C25H28N/c1-4-5-11-18-25(3)19(2)26(21-13-7-6-8-14-21)23-17-16-20-12-9-10-15-22(20)24(23)25/h6-10,12-17H,4-5,11,18H2,1-3H3/q+1. The van der Waals surface area contributed by atoms with Gasteiger partial charge < -0.3 is 0 Å². The first kappa shape index (κ1) is 17.0. The molecule has 1 aliphatic rings. The Hall–Kier alpha value is -2.41. The molecule has 0 spiro atoms. The van der Waals surface area contributed by atoms with E-state index in [4.69, 9.17) is 0 Å². The van der Waals surface area contributed by atoms with Gasteiger partial charge in [0.25, 0.3) is 0 Å². The van der Waals surface area contributed by atoms with E-state index in [-0.39, 0.29) is 5.41 Å². The molecule has 26 heavy (non-hydrogen) atoms. The molecule has 0 fully saturated rings. The molecule has 0 amide bonds. The second-order valence-electron chi connectivity index (χ2n) is 7.73. The van der Waals surface area contributed by atoms with Gasteiger partial charge >= 0.3 is 0 Å². The highest BCUT2D eigenvalue weighted by molar-refractivity contribution is 6.08. The number of rotatable bonds is 5. The molecule has 1 atom stereocenters. The normalized spacial score (nSPS) is 19.2. The van der Waals surface area contributed by atoms with Gasteiger partial charge in [0.1, 0.15) is 0 Å². The van der Waals surface area contributed by atoms with Gasteiger partial charge in [-0.2, -0.15) is 4.58 Å². The highest BCUT2D eigenvalue weighted by Gasteiger charge is 2.47. The van der Waals surface area contributed by atoms with Crippen molar-refractivity contribution in [1.29, 1.82) is 0 Å². The monoisotopic (exact) mass is 342 g/mol. The molecule has 132 valence electrons. The zero-order valence-electron chi connectivity index (χ0n) is 16.1. The van der Waals surface area contributed by atoms with Crippen molar-refractivity contribution in [1.82, 2.24) is 4.58 Å². The Balaban J connectivity index is 1.97. The van der Waals surface area contributed by atoms with E-state index in [1.807, 2.05) is 0 Å². The lowest BCUT2D eigenvalue weighted by Gasteiger charge is -2.23. The van der Waals surface area contributed by atoms with E-state index in [2.05, 4.69) is 92.1 Å². The van der Waals surface area contributed by atoms with Gasteiger partial charge in [0.2, 0.25) is 11.4 Å². The molecule has 3 aromatic rings. The van der Waals surface area contributed by atoms with Crippen molar-refractivity contribution < 1.29 is 0 Å². The third-order valence-electron chi connectivity index (χ3n) is 6.13. The van der Waals surface area contributed by atoms with Crippen LogP contribution in [0, 0.1) is 0 Å². The molecule has 0 N–H and O–H groups in total. The quantitative estimate of drug-likeness (QED) is 0.347. The van der Waals surface area contributed by atoms with Gasteiger partial charge in [-0.15, -0.1) is 0 Å². The van der Waals surface area contributed by atoms with Crippen LogP contribution in [0.4, 0.5) is 11.4 Å². The van der Waals surface area contributed by atoms with Gasteiger partial charge in [-0.1, -0.05) is 68.7 Å². The van der Waals surface area contributed by atoms with E-state index in [9.17, 15) is 0 Å². The molecule has 0 radical (unpaired) electrons. The fourth-order valence-electron chi connectivity index (χ4n) is 4.58. The zero-order valence-corrected chi connectivity index (χ0v) is 16.1. The Morgan fingerprint density at radius 3 is 2.35 bits per heavy atom. The first-order valence-corrected chi connectivity index (χ1v) is 9.88. The molecule has 0 saturated heterocycles. The van der Waals surface area contributed by atoms with Gasteiger partial charge in [-0.3, -0.25) is 0 Å². The van der Waals surface area contributed by atoms with Crippen LogP contribution < -0.4 is 4.58 Å². The lowest BCUT2D eigenvalue weighted by Crippen LogP contribution is -2.30. The number of fused-ring (bicyclic) bond motifs is 3. The summed E-state index contributed by atoms with van der Waals surface area (Å²) in [5, 5.41) is 2.75. The minimum atomic E-state index is 0.0845. The van der Waals surface area contributed by atoms with Gasteiger partial charge in [0.05, 0.1) is 5.41 Å². The Kier molecular flexibility index (Phi) is 4.40. The summed E-state index contributed by atoms with van der Waals surface area (Å²) >= 11 is 0. The molecule has 0 saturated carbocycles. The first-order chi connectivity index (χ1) is 12.7. The van der Waals surface area contributed by atoms with Crippen LogP contribution in [0.25, 0.3) is 10.8 Å². The summed E-state index contributed by atoms with van der Waals surface area (Å²) < 4.78 is 2.48. The number of benzene rings is 3. The van der Waals surface area contributed by atoms with Crippen LogP contribution in [-0.2, 0) is 5.41 Å². The average Bonchev–Trinajstić information content (AvgIpc) is 2.90. The summed E-state index contributed by atoms with van der Waals surface area (Å²) in [4.78, 5) is 0. The Labute approximate surface area is 157 Å². The molecule has 0 aromatic heterocycles. The molecule has 1 nitrogen and oxygen atoms in total. The van der Waals surface area contributed by atoms with Crippen LogP contribution in [0.1, 0.15) is 52.0 Å². The molecular weight excluding hydrogens is 314 g/mol. The number of nitrogens with zero attached hydrogens (tertiary/aromatic N) is 1. The topological polar surface area (TPSA) is 3.01 Å². The fraction of sp³-hybridized carbons (Fsp3) is 0.320. The van der Waals surface area contributed by atoms with Crippen LogP contribution in [0.2, 0.25) is 0 Å². The third-order valence-corrected chi connectivity index (χ3v) is 6.13. The van der Waals surface area contributed by atoms with Crippen LogP contribution in [0.15, 0.2) is 66.7 Å². The van der Waals surface area contributed by atoms with Crippen LogP contribution in [-0.4, -0.2) is 5.71 Å². The van der Waals surface area contributed by atoms with E-state index < -0.39 is 0 Å².